The molecule has 0 aliphatic heterocycles. The zero-order chi connectivity index (χ0) is 28.3. The molecule has 9 aromatic rings. The summed E-state index contributed by atoms with van der Waals surface area (Å²) in [6, 6.07) is 49.5. The van der Waals surface area contributed by atoms with E-state index in [1.165, 1.54) is 32.6 Å². The molecular formula is C39H25N3O. The molecule has 0 N–H and O–H groups in total. The number of pyridine rings is 1. The number of benzene rings is 6. The van der Waals surface area contributed by atoms with Gasteiger partial charge in [-0.3, -0.25) is 4.98 Å². The fourth-order valence-electron chi connectivity index (χ4n) is 6.56. The van der Waals surface area contributed by atoms with E-state index in [4.69, 9.17) is 4.42 Å². The van der Waals surface area contributed by atoms with Crippen LogP contribution in [0, 0.1) is 0 Å². The van der Waals surface area contributed by atoms with Gasteiger partial charge >= 0.3 is 0 Å². The number of para-hydroxylation sites is 2. The number of furan rings is 1. The summed E-state index contributed by atoms with van der Waals surface area (Å²) in [5.41, 5.74) is 8.40. The summed E-state index contributed by atoms with van der Waals surface area (Å²) in [4.78, 5) is 6.67. The summed E-state index contributed by atoms with van der Waals surface area (Å²) in [5.74, 6) is 0. The second-order valence-corrected chi connectivity index (χ2v) is 10.9. The van der Waals surface area contributed by atoms with E-state index < -0.39 is 0 Å². The van der Waals surface area contributed by atoms with Crippen molar-refractivity contribution in [3.63, 3.8) is 0 Å². The van der Waals surface area contributed by atoms with Crippen LogP contribution in [-0.4, -0.2) is 9.55 Å². The first-order valence-electron chi connectivity index (χ1n) is 14.5. The lowest BCUT2D eigenvalue weighted by atomic mass is 10.0. The average Bonchev–Trinajstić information content (AvgIpc) is 3.61. The van der Waals surface area contributed by atoms with Gasteiger partial charge in [0.2, 0.25) is 0 Å². The van der Waals surface area contributed by atoms with Gasteiger partial charge in [0, 0.05) is 56.7 Å². The lowest BCUT2D eigenvalue weighted by Gasteiger charge is -2.26. The van der Waals surface area contributed by atoms with Gasteiger partial charge < -0.3 is 13.9 Å². The van der Waals surface area contributed by atoms with Crippen LogP contribution >= 0.6 is 0 Å². The molecule has 202 valence electrons. The quantitative estimate of drug-likeness (QED) is 0.218. The van der Waals surface area contributed by atoms with Crippen molar-refractivity contribution in [1.29, 1.82) is 0 Å². The molecule has 4 heteroatoms. The predicted molar refractivity (Wildman–Crippen MR) is 178 cm³/mol. The molecule has 0 aliphatic rings. The first-order chi connectivity index (χ1) is 21.3. The molecule has 4 nitrogen and oxygen atoms in total. The van der Waals surface area contributed by atoms with Crippen molar-refractivity contribution in [3.05, 3.63) is 152 Å². The largest absolute Gasteiger partial charge is 0.456 e. The maximum atomic E-state index is 6.12. The summed E-state index contributed by atoms with van der Waals surface area (Å²) in [7, 11) is 0. The van der Waals surface area contributed by atoms with Crippen LogP contribution in [0.5, 0.6) is 0 Å². The number of rotatable bonds is 4. The number of nitrogens with zero attached hydrogens (tertiary/aromatic N) is 3. The Kier molecular flexibility index (Phi) is 5.16. The molecule has 0 fully saturated rings. The van der Waals surface area contributed by atoms with Gasteiger partial charge in [0.1, 0.15) is 11.2 Å². The maximum absolute atomic E-state index is 6.12. The van der Waals surface area contributed by atoms with E-state index in [1.807, 2.05) is 12.3 Å². The zero-order valence-electron chi connectivity index (χ0n) is 23.2. The molecule has 0 aliphatic carbocycles. The monoisotopic (exact) mass is 551 g/mol. The van der Waals surface area contributed by atoms with Crippen molar-refractivity contribution >= 4 is 71.6 Å². The van der Waals surface area contributed by atoms with Crippen LogP contribution in [0.1, 0.15) is 0 Å². The third kappa shape index (κ3) is 3.67. The highest BCUT2D eigenvalue weighted by molar-refractivity contribution is 6.21. The number of aromatic nitrogens is 2. The third-order valence-electron chi connectivity index (χ3n) is 8.44. The molecular weight excluding hydrogens is 526 g/mol. The van der Waals surface area contributed by atoms with E-state index >= 15 is 0 Å². The molecule has 0 saturated heterocycles. The van der Waals surface area contributed by atoms with Gasteiger partial charge in [-0.15, -0.1) is 0 Å². The van der Waals surface area contributed by atoms with E-state index in [0.29, 0.717) is 0 Å². The van der Waals surface area contributed by atoms with E-state index in [-0.39, 0.29) is 0 Å². The van der Waals surface area contributed by atoms with Crippen molar-refractivity contribution in [2.75, 3.05) is 4.90 Å². The van der Waals surface area contributed by atoms with Crippen molar-refractivity contribution in [2.24, 2.45) is 0 Å². The Balaban J connectivity index is 1.28. The lowest BCUT2D eigenvalue weighted by molar-refractivity contribution is 0.668. The Bertz CT molecular complexity index is 2470. The first-order valence-corrected chi connectivity index (χ1v) is 14.5. The van der Waals surface area contributed by atoms with Crippen LogP contribution in [0.15, 0.2) is 156 Å². The minimum atomic E-state index is 0.842. The third-order valence-corrected chi connectivity index (χ3v) is 8.44. The minimum Gasteiger partial charge on any atom is -0.456 e. The Morgan fingerprint density at radius 3 is 2.21 bits per heavy atom. The van der Waals surface area contributed by atoms with Crippen molar-refractivity contribution in [1.82, 2.24) is 9.55 Å². The summed E-state index contributed by atoms with van der Waals surface area (Å²) in [6.45, 7) is 0. The van der Waals surface area contributed by atoms with Gasteiger partial charge in [0.15, 0.2) is 0 Å². The van der Waals surface area contributed by atoms with Gasteiger partial charge in [-0.05, 0) is 77.5 Å². The highest BCUT2D eigenvalue weighted by Gasteiger charge is 2.18. The second-order valence-electron chi connectivity index (χ2n) is 10.9. The van der Waals surface area contributed by atoms with Crippen LogP contribution in [-0.2, 0) is 0 Å². The number of fused-ring (bicyclic) bond motifs is 8. The van der Waals surface area contributed by atoms with E-state index in [2.05, 4.69) is 148 Å². The fraction of sp³-hybridized carbons (Fsp3) is 0. The summed E-state index contributed by atoms with van der Waals surface area (Å²) in [5, 5.41) is 7.12. The van der Waals surface area contributed by atoms with E-state index in [1.54, 1.807) is 6.20 Å². The van der Waals surface area contributed by atoms with Crippen LogP contribution in [0.2, 0.25) is 0 Å². The summed E-state index contributed by atoms with van der Waals surface area (Å²) < 4.78 is 8.51. The normalized spacial score (nSPS) is 11.7. The number of anilines is 3. The lowest BCUT2D eigenvalue weighted by Crippen LogP contribution is -2.10. The predicted octanol–water partition coefficient (Wildman–Crippen LogP) is 10.7. The Morgan fingerprint density at radius 1 is 0.512 bits per heavy atom. The average molecular weight is 552 g/mol. The van der Waals surface area contributed by atoms with Crippen LogP contribution in [0.25, 0.3) is 60.2 Å². The molecule has 9 rings (SSSR count). The highest BCUT2D eigenvalue weighted by Crippen LogP contribution is 2.41. The van der Waals surface area contributed by atoms with Gasteiger partial charge in [0.25, 0.3) is 0 Å². The van der Waals surface area contributed by atoms with Gasteiger partial charge in [0.05, 0.1) is 11.0 Å². The van der Waals surface area contributed by atoms with Crippen molar-refractivity contribution < 1.29 is 4.42 Å². The molecule has 0 atom stereocenters. The van der Waals surface area contributed by atoms with Crippen molar-refractivity contribution in [3.8, 4) is 5.69 Å². The topological polar surface area (TPSA) is 34.2 Å². The molecule has 43 heavy (non-hydrogen) atoms. The number of hydrogen-bond donors (Lipinski definition) is 0. The van der Waals surface area contributed by atoms with Crippen LogP contribution in [0.4, 0.5) is 17.1 Å². The first kappa shape index (κ1) is 23.8. The molecule has 0 saturated carbocycles. The maximum Gasteiger partial charge on any atom is 0.138 e. The second kappa shape index (κ2) is 9.33. The molecule has 6 aromatic carbocycles. The van der Waals surface area contributed by atoms with Gasteiger partial charge in [-0.2, -0.15) is 0 Å². The Hall–Kier alpha value is -5.87. The van der Waals surface area contributed by atoms with Gasteiger partial charge in [-0.25, -0.2) is 0 Å². The van der Waals surface area contributed by atoms with Gasteiger partial charge in [-0.1, -0.05) is 72.8 Å². The molecule has 3 heterocycles. The minimum absolute atomic E-state index is 0.842. The SMILES string of the molecule is c1ccc(N(c2cccc(-n3c4ccccc4c4c5ccccc5ccc43)c2)c2ccc3oc4ccncc4c3c2)cc1. The van der Waals surface area contributed by atoms with Crippen LogP contribution in [0.3, 0.4) is 0 Å². The molecule has 0 amide bonds. The van der Waals surface area contributed by atoms with Crippen molar-refractivity contribution in [2.45, 2.75) is 0 Å². The summed E-state index contributed by atoms with van der Waals surface area (Å²) >= 11 is 0. The van der Waals surface area contributed by atoms with E-state index in [0.717, 1.165) is 44.7 Å². The number of hydrogen-bond acceptors (Lipinski definition) is 3. The van der Waals surface area contributed by atoms with E-state index in [9.17, 15) is 0 Å². The molecule has 0 bridgehead atoms. The Labute approximate surface area is 247 Å². The molecule has 0 unspecified atom stereocenters. The highest BCUT2D eigenvalue weighted by atomic mass is 16.3. The smallest absolute Gasteiger partial charge is 0.138 e. The van der Waals surface area contributed by atoms with Crippen LogP contribution < -0.4 is 4.90 Å². The molecule has 3 aromatic heterocycles. The molecule has 0 radical (unpaired) electrons. The molecule has 0 spiro atoms. The standard InChI is InChI=1S/C39H25N3O/c1-2-10-27(11-3-1)41(30-18-20-37-33(24-30)34-25-40-22-21-38(34)43-37)28-12-8-13-29(23-28)42-35-16-7-6-15-32(35)39-31-14-5-4-9-26(31)17-19-36(39)42/h1-25H. The summed E-state index contributed by atoms with van der Waals surface area (Å²) in [6.07, 6.45) is 3.65. The zero-order valence-corrected chi connectivity index (χ0v) is 23.2. The fourth-order valence-corrected chi connectivity index (χ4v) is 6.56. The Morgan fingerprint density at radius 2 is 1.28 bits per heavy atom.